The number of aryl methyl sites for hydroxylation is 1. The summed E-state index contributed by atoms with van der Waals surface area (Å²) >= 11 is 0. The fraction of sp³-hybridized carbons (Fsp3) is 0.500. The zero-order valence-electron chi connectivity index (χ0n) is 11.7. The number of carbonyl (C=O) groups excluding carboxylic acids is 1. The highest BCUT2D eigenvalue weighted by Gasteiger charge is 2.07. The number of hydrogen-bond donors (Lipinski definition) is 3. The molecule has 1 amide bonds. The van der Waals surface area contributed by atoms with Gasteiger partial charge in [0.1, 0.15) is 5.82 Å². The van der Waals surface area contributed by atoms with Crippen molar-refractivity contribution in [1.29, 1.82) is 0 Å². The van der Waals surface area contributed by atoms with Gasteiger partial charge in [0.15, 0.2) is 0 Å². The van der Waals surface area contributed by atoms with E-state index in [-0.39, 0.29) is 17.8 Å². The fourth-order valence-electron chi connectivity index (χ4n) is 1.61. The van der Waals surface area contributed by atoms with Crippen molar-refractivity contribution in [3.63, 3.8) is 0 Å². The Morgan fingerprint density at radius 2 is 2.16 bits per heavy atom. The van der Waals surface area contributed by atoms with E-state index < -0.39 is 0 Å². The van der Waals surface area contributed by atoms with Gasteiger partial charge in [0.05, 0.1) is 11.4 Å². The SMILES string of the molecule is CCC(C)NC(=O)CCNc1cc(C)c(F)cc1N. The lowest BCUT2D eigenvalue weighted by molar-refractivity contribution is -0.121. The van der Waals surface area contributed by atoms with Gasteiger partial charge in [-0.1, -0.05) is 6.92 Å². The maximum absolute atomic E-state index is 13.2. The second kappa shape index (κ2) is 6.97. The normalized spacial score (nSPS) is 12.0. The molecule has 4 N–H and O–H groups in total. The maximum Gasteiger partial charge on any atom is 0.221 e. The number of anilines is 2. The van der Waals surface area contributed by atoms with Crippen molar-refractivity contribution in [3.05, 3.63) is 23.5 Å². The van der Waals surface area contributed by atoms with E-state index in [1.54, 1.807) is 13.0 Å². The van der Waals surface area contributed by atoms with Gasteiger partial charge >= 0.3 is 0 Å². The molecule has 0 radical (unpaired) electrons. The van der Waals surface area contributed by atoms with E-state index in [0.29, 0.717) is 29.9 Å². The molecule has 5 heteroatoms. The highest BCUT2D eigenvalue weighted by molar-refractivity contribution is 5.77. The Balaban J connectivity index is 2.45. The van der Waals surface area contributed by atoms with Gasteiger partial charge in [-0.15, -0.1) is 0 Å². The number of hydrogen-bond acceptors (Lipinski definition) is 3. The third-order valence-electron chi connectivity index (χ3n) is 3.02. The number of nitrogens with two attached hydrogens (primary N) is 1. The first-order valence-electron chi connectivity index (χ1n) is 6.52. The fourth-order valence-corrected chi connectivity index (χ4v) is 1.61. The van der Waals surface area contributed by atoms with Gasteiger partial charge in [0.2, 0.25) is 5.91 Å². The summed E-state index contributed by atoms with van der Waals surface area (Å²) in [6.07, 6.45) is 1.27. The first kappa shape index (κ1) is 15.3. The van der Waals surface area contributed by atoms with E-state index in [4.69, 9.17) is 5.73 Å². The van der Waals surface area contributed by atoms with Crippen LogP contribution in [0.1, 0.15) is 32.3 Å². The standard InChI is InChI=1S/C14H22FN3O/c1-4-10(3)18-14(19)5-6-17-13-7-9(2)11(15)8-12(13)16/h7-8,10,17H,4-6,16H2,1-3H3,(H,18,19). The van der Waals surface area contributed by atoms with E-state index in [1.165, 1.54) is 6.07 Å². The van der Waals surface area contributed by atoms with Crippen molar-refractivity contribution in [2.75, 3.05) is 17.6 Å². The topological polar surface area (TPSA) is 67.2 Å². The van der Waals surface area contributed by atoms with Crippen LogP contribution < -0.4 is 16.4 Å². The molecule has 0 aliphatic rings. The molecule has 0 aliphatic heterocycles. The molecule has 0 fully saturated rings. The second-order valence-electron chi connectivity index (χ2n) is 4.74. The quantitative estimate of drug-likeness (QED) is 0.693. The van der Waals surface area contributed by atoms with Crippen LogP contribution in [0.2, 0.25) is 0 Å². The Labute approximate surface area is 113 Å². The number of nitrogens with one attached hydrogen (secondary N) is 2. The van der Waals surface area contributed by atoms with Gasteiger partial charge in [-0.25, -0.2) is 4.39 Å². The van der Waals surface area contributed by atoms with Crippen LogP contribution in [-0.4, -0.2) is 18.5 Å². The molecule has 0 saturated heterocycles. The summed E-state index contributed by atoms with van der Waals surface area (Å²) in [7, 11) is 0. The Hall–Kier alpha value is -1.78. The smallest absolute Gasteiger partial charge is 0.221 e. The lowest BCUT2D eigenvalue weighted by atomic mass is 10.1. The van der Waals surface area contributed by atoms with Crippen LogP contribution in [0.15, 0.2) is 12.1 Å². The first-order chi connectivity index (χ1) is 8.93. The lowest BCUT2D eigenvalue weighted by Crippen LogP contribution is -2.33. The van der Waals surface area contributed by atoms with Crippen molar-refractivity contribution in [2.45, 2.75) is 39.7 Å². The molecular formula is C14H22FN3O. The van der Waals surface area contributed by atoms with Gasteiger partial charge < -0.3 is 16.4 Å². The van der Waals surface area contributed by atoms with Crippen molar-refractivity contribution < 1.29 is 9.18 Å². The van der Waals surface area contributed by atoms with Crippen LogP contribution in [0, 0.1) is 12.7 Å². The van der Waals surface area contributed by atoms with Gasteiger partial charge in [-0.05, 0) is 38.0 Å². The molecule has 1 aromatic rings. The minimum atomic E-state index is -0.322. The Morgan fingerprint density at radius 1 is 1.47 bits per heavy atom. The van der Waals surface area contributed by atoms with Crippen LogP contribution >= 0.6 is 0 Å². The average molecular weight is 267 g/mol. The summed E-state index contributed by atoms with van der Waals surface area (Å²) < 4.78 is 13.2. The van der Waals surface area contributed by atoms with Crippen LogP contribution in [0.25, 0.3) is 0 Å². The number of amides is 1. The number of rotatable bonds is 6. The highest BCUT2D eigenvalue weighted by Crippen LogP contribution is 2.22. The van der Waals surface area contributed by atoms with E-state index in [0.717, 1.165) is 6.42 Å². The monoisotopic (exact) mass is 267 g/mol. The molecule has 1 atom stereocenters. The predicted molar refractivity (Wildman–Crippen MR) is 76.6 cm³/mol. The van der Waals surface area contributed by atoms with Crippen molar-refractivity contribution in [1.82, 2.24) is 5.32 Å². The van der Waals surface area contributed by atoms with Crippen molar-refractivity contribution >= 4 is 17.3 Å². The van der Waals surface area contributed by atoms with Crippen LogP contribution in [0.5, 0.6) is 0 Å². The number of carbonyl (C=O) groups is 1. The molecule has 19 heavy (non-hydrogen) atoms. The highest BCUT2D eigenvalue weighted by atomic mass is 19.1. The summed E-state index contributed by atoms with van der Waals surface area (Å²) in [6.45, 7) is 6.13. The number of benzene rings is 1. The van der Waals surface area contributed by atoms with Crippen LogP contribution in [0.4, 0.5) is 15.8 Å². The molecule has 0 saturated carbocycles. The van der Waals surface area contributed by atoms with Gasteiger partial charge in [0, 0.05) is 19.0 Å². The van der Waals surface area contributed by atoms with Crippen LogP contribution in [-0.2, 0) is 4.79 Å². The Bertz CT molecular complexity index is 449. The molecule has 106 valence electrons. The molecule has 0 spiro atoms. The largest absolute Gasteiger partial charge is 0.397 e. The van der Waals surface area contributed by atoms with Gasteiger partial charge in [-0.3, -0.25) is 4.79 Å². The minimum Gasteiger partial charge on any atom is -0.397 e. The summed E-state index contributed by atoms with van der Waals surface area (Å²) in [5, 5.41) is 5.93. The summed E-state index contributed by atoms with van der Waals surface area (Å²) in [5.74, 6) is -0.322. The Kier molecular flexibility index (Phi) is 5.60. The zero-order chi connectivity index (χ0) is 14.4. The number of halogens is 1. The summed E-state index contributed by atoms with van der Waals surface area (Å²) in [6, 6.07) is 3.12. The summed E-state index contributed by atoms with van der Waals surface area (Å²) in [5.41, 5.74) is 7.25. The lowest BCUT2D eigenvalue weighted by Gasteiger charge is -2.13. The number of nitrogen functional groups attached to an aromatic ring is 1. The Morgan fingerprint density at radius 3 is 2.79 bits per heavy atom. The van der Waals surface area contributed by atoms with Crippen molar-refractivity contribution in [3.8, 4) is 0 Å². The molecular weight excluding hydrogens is 245 g/mol. The predicted octanol–water partition coefficient (Wildman–Crippen LogP) is 2.43. The minimum absolute atomic E-state index is 0.000690. The third kappa shape index (κ3) is 4.77. The van der Waals surface area contributed by atoms with E-state index >= 15 is 0 Å². The first-order valence-corrected chi connectivity index (χ1v) is 6.52. The average Bonchev–Trinajstić information content (AvgIpc) is 2.35. The van der Waals surface area contributed by atoms with E-state index in [2.05, 4.69) is 10.6 Å². The molecule has 0 aliphatic carbocycles. The van der Waals surface area contributed by atoms with E-state index in [1.807, 2.05) is 13.8 Å². The molecule has 0 aromatic heterocycles. The van der Waals surface area contributed by atoms with Gasteiger partial charge in [0.25, 0.3) is 0 Å². The van der Waals surface area contributed by atoms with E-state index in [9.17, 15) is 9.18 Å². The molecule has 0 heterocycles. The van der Waals surface area contributed by atoms with Crippen molar-refractivity contribution in [2.24, 2.45) is 0 Å². The second-order valence-corrected chi connectivity index (χ2v) is 4.74. The molecule has 4 nitrogen and oxygen atoms in total. The van der Waals surface area contributed by atoms with Crippen LogP contribution in [0.3, 0.4) is 0 Å². The molecule has 1 unspecified atom stereocenters. The zero-order valence-corrected chi connectivity index (χ0v) is 11.7. The maximum atomic E-state index is 13.2. The third-order valence-corrected chi connectivity index (χ3v) is 3.02. The van der Waals surface area contributed by atoms with Gasteiger partial charge in [-0.2, -0.15) is 0 Å². The molecule has 1 aromatic carbocycles. The molecule has 0 bridgehead atoms. The summed E-state index contributed by atoms with van der Waals surface area (Å²) in [4.78, 5) is 11.6. The molecule has 1 rings (SSSR count).